The van der Waals surface area contributed by atoms with Gasteiger partial charge in [0.15, 0.2) is 6.61 Å². The molecule has 0 radical (unpaired) electrons. The standard InChI is InChI=1S/C20H26N2O3/c1-3-15-9-7-8-12-22(15)20(24)14-25-18-13-19(23)21(4-2)17-11-6-5-10-16(17)18/h5-6,10-11,13,15H,3-4,7-9,12,14H2,1-2H3. The summed E-state index contributed by atoms with van der Waals surface area (Å²) in [4.78, 5) is 26.9. The average molecular weight is 342 g/mol. The Hall–Kier alpha value is -2.30. The number of nitrogens with zero attached hydrogens (tertiary/aromatic N) is 2. The minimum Gasteiger partial charge on any atom is -0.483 e. The summed E-state index contributed by atoms with van der Waals surface area (Å²) >= 11 is 0. The molecule has 25 heavy (non-hydrogen) atoms. The molecule has 1 unspecified atom stereocenters. The average Bonchev–Trinajstić information content (AvgIpc) is 2.65. The molecule has 1 fully saturated rings. The van der Waals surface area contributed by atoms with Gasteiger partial charge in [0.2, 0.25) is 0 Å². The van der Waals surface area contributed by atoms with Crippen molar-refractivity contribution in [2.24, 2.45) is 0 Å². The quantitative estimate of drug-likeness (QED) is 0.838. The summed E-state index contributed by atoms with van der Waals surface area (Å²) in [5, 5.41) is 0.863. The van der Waals surface area contributed by atoms with Gasteiger partial charge < -0.3 is 14.2 Å². The fraction of sp³-hybridized carbons (Fsp3) is 0.500. The van der Waals surface area contributed by atoms with Gasteiger partial charge in [0, 0.05) is 30.6 Å². The number of aromatic nitrogens is 1. The van der Waals surface area contributed by atoms with E-state index >= 15 is 0 Å². The smallest absolute Gasteiger partial charge is 0.260 e. The van der Waals surface area contributed by atoms with Crippen LogP contribution < -0.4 is 10.3 Å². The maximum absolute atomic E-state index is 12.6. The van der Waals surface area contributed by atoms with Gasteiger partial charge in [-0.15, -0.1) is 0 Å². The molecule has 0 N–H and O–H groups in total. The van der Waals surface area contributed by atoms with Crippen LogP contribution in [0.25, 0.3) is 10.9 Å². The Morgan fingerprint density at radius 3 is 2.80 bits per heavy atom. The van der Waals surface area contributed by atoms with E-state index in [0.717, 1.165) is 36.7 Å². The van der Waals surface area contributed by atoms with E-state index in [-0.39, 0.29) is 18.1 Å². The number of carbonyl (C=O) groups is 1. The Balaban J connectivity index is 1.81. The first-order valence-electron chi connectivity index (χ1n) is 9.20. The molecule has 3 rings (SSSR count). The first kappa shape index (κ1) is 17.5. The van der Waals surface area contributed by atoms with Gasteiger partial charge in [-0.1, -0.05) is 19.1 Å². The lowest BCUT2D eigenvalue weighted by molar-refractivity contribution is -0.137. The number of hydrogen-bond acceptors (Lipinski definition) is 3. The fourth-order valence-corrected chi connectivity index (χ4v) is 3.73. The number of fused-ring (bicyclic) bond motifs is 1. The zero-order valence-electron chi connectivity index (χ0n) is 15.0. The second-order valence-electron chi connectivity index (χ2n) is 6.54. The molecule has 1 aromatic carbocycles. The Morgan fingerprint density at radius 2 is 2.04 bits per heavy atom. The van der Waals surface area contributed by atoms with E-state index in [9.17, 15) is 9.59 Å². The molecule has 0 spiro atoms. The topological polar surface area (TPSA) is 51.5 Å². The number of ether oxygens (including phenoxy) is 1. The number of benzene rings is 1. The summed E-state index contributed by atoms with van der Waals surface area (Å²) in [5.74, 6) is 0.499. The van der Waals surface area contributed by atoms with Crippen molar-refractivity contribution in [3.63, 3.8) is 0 Å². The van der Waals surface area contributed by atoms with Crippen molar-refractivity contribution >= 4 is 16.8 Å². The van der Waals surface area contributed by atoms with Crippen molar-refractivity contribution in [1.82, 2.24) is 9.47 Å². The highest BCUT2D eigenvalue weighted by atomic mass is 16.5. The third-order valence-corrected chi connectivity index (χ3v) is 5.07. The normalized spacial score (nSPS) is 17.7. The number of piperidine rings is 1. The molecule has 0 aliphatic carbocycles. The second kappa shape index (κ2) is 7.72. The summed E-state index contributed by atoms with van der Waals surface area (Å²) in [6.07, 6.45) is 4.28. The van der Waals surface area contributed by atoms with Gasteiger partial charge >= 0.3 is 0 Å². The highest BCUT2D eigenvalue weighted by Crippen LogP contribution is 2.24. The summed E-state index contributed by atoms with van der Waals surface area (Å²) in [5.41, 5.74) is 0.734. The molecular weight excluding hydrogens is 316 g/mol. The Kier molecular flexibility index (Phi) is 5.41. The zero-order valence-corrected chi connectivity index (χ0v) is 15.0. The summed E-state index contributed by atoms with van der Waals surface area (Å²) in [6, 6.07) is 9.46. The Morgan fingerprint density at radius 1 is 1.24 bits per heavy atom. The molecule has 1 saturated heterocycles. The third-order valence-electron chi connectivity index (χ3n) is 5.07. The van der Waals surface area contributed by atoms with Crippen LogP contribution >= 0.6 is 0 Å². The molecule has 1 amide bonds. The van der Waals surface area contributed by atoms with Crippen molar-refractivity contribution in [2.45, 2.75) is 52.1 Å². The molecule has 1 atom stereocenters. The fourth-order valence-electron chi connectivity index (χ4n) is 3.73. The molecule has 1 aliphatic rings. The van der Waals surface area contributed by atoms with Gasteiger partial charge in [-0.05, 0) is 44.7 Å². The summed E-state index contributed by atoms with van der Waals surface area (Å²) < 4.78 is 7.51. The predicted molar refractivity (Wildman–Crippen MR) is 99.0 cm³/mol. The van der Waals surface area contributed by atoms with Crippen LogP contribution in [0.15, 0.2) is 35.1 Å². The maximum atomic E-state index is 12.6. The van der Waals surface area contributed by atoms with Crippen LogP contribution in [-0.4, -0.2) is 34.6 Å². The van der Waals surface area contributed by atoms with Gasteiger partial charge in [-0.3, -0.25) is 9.59 Å². The lowest BCUT2D eigenvalue weighted by Crippen LogP contribution is -2.45. The molecule has 1 aromatic heterocycles. The van der Waals surface area contributed by atoms with Crippen molar-refractivity contribution in [3.05, 3.63) is 40.7 Å². The number of para-hydroxylation sites is 1. The number of amides is 1. The highest BCUT2D eigenvalue weighted by molar-refractivity contribution is 5.86. The predicted octanol–water partition coefficient (Wildman–Crippen LogP) is 3.19. The molecule has 1 aliphatic heterocycles. The number of pyridine rings is 1. The van der Waals surface area contributed by atoms with Crippen molar-refractivity contribution in [3.8, 4) is 5.75 Å². The van der Waals surface area contributed by atoms with Gasteiger partial charge in [0.25, 0.3) is 11.5 Å². The zero-order chi connectivity index (χ0) is 17.8. The summed E-state index contributed by atoms with van der Waals surface area (Å²) in [7, 11) is 0. The monoisotopic (exact) mass is 342 g/mol. The van der Waals surface area contributed by atoms with Crippen molar-refractivity contribution in [2.75, 3.05) is 13.2 Å². The number of carbonyl (C=O) groups excluding carboxylic acids is 1. The molecule has 2 heterocycles. The SMILES string of the molecule is CCC1CCCCN1C(=O)COc1cc(=O)n(CC)c2ccccc12. The number of likely N-dealkylation sites (tertiary alicyclic amines) is 1. The Labute approximate surface area is 148 Å². The van der Waals surface area contributed by atoms with Crippen LogP contribution in [-0.2, 0) is 11.3 Å². The van der Waals surface area contributed by atoms with E-state index in [1.54, 1.807) is 4.57 Å². The minimum absolute atomic E-state index is 0.00954. The van der Waals surface area contributed by atoms with Gasteiger partial charge in [0.05, 0.1) is 5.52 Å². The molecule has 134 valence electrons. The molecule has 5 nitrogen and oxygen atoms in total. The molecule has 0 bridgehead atoms. The van der Waals surface area contributed by atoms with Gasteiger partial charge in [-0.2, -0.15) is 0 Å². The van der Waals surface area contributed by atoms with Crippen LogP contribution in [0.3, 0.4) is 0 Å². The highest BCUT2D eigenvalue weighted by Gasteiger charge is 2.25. The lowest BCUT2D eigenvalue weighted by Gasteiger charge is -2.35. The van der Waals surface area contributed by atoms with E-state index in [2.05, 4.69) is 6.92 Å². The second-order valence-corrected chi connectivity index (χ2v) is 6.54. The van der Waals surface area contributed by atoms with Crippen LogP contribution in [0.4, 0.5) is 0 Å². The van der Waals surface area contributed by atoms with E-state index in [0.29, 0.717) is 18.3 Å². The molecule has 0 saturated carbocycles. The maximum Gasteiger partial charge on any atom is 0.260 e. The lowest BCUT2D eigenvalue weighted by atomic mass is 10.00. The van der Waals surface area contributed by atoms with Crippen LogP contribution in [0, 0.1) is 0 Å². The van der Waals surface area contributed by atoms with E-state index < -0.39 is 0 Å². The van der Waals surface area contributed by atoms with Gasteiger partial charge in [-0.25, -0.2) is 0 Å². The Bertz CT molecular complexity index is 812. The molecular formula is C20H26N2O3. The third kappa shape index (κ3) is 3.55. The minimum atomic E-state index is -0.104. The van der Waals surface area contributed by atoms with Crippen LogP contribution in [0.5, 0.6) is 5.75 Å². The first-order valence-corrected chi connectivity index (χ1v) is 9.20. The molecule has 5 heteroatoms. The number of rotatable bonds is 5. The van der Waals surface area contributed by atoms with Crippen molar-refractivity contribution < 1.29 is 9.53 Å². The first-order chi connectivity index (χ1) is 12.2. The van der Waals surface area contributed by atoms with E-state index in [4.69, 9.17) is 4.74 Å². The van der Waals surface area contributed by atoms with Crippen LogP contribution in [0.1, 0.15) is 39.5 Å². The van der Waals surface area contributed by atoms with Crippen molar-refractivity contribution in [1.29, 1.82) is 0 Å². The van der Waals surface area contributed by atoms with E-state index in [1.807, 2.05) is 36.1 Å². The van der Waals surface area contributed by atoms with E-state index in [1.165, 1.54) is 12.5 Å². The molecule has 2 aromatic rings. The largest absolute Gasteiger partial charge is 0.483 e. The summed E-state index contributed by atoms with van der Waals surface area (Å²) in [6.45, 7) is 5.45. The number of aryl methyl sites for hydroxylation is 1. The number of hydrogen-bond donors (Lipinski definition) is 0. The van der Waals surface area contributed by atoms with Gasteiger partial charge in [0.1, 0.15) is 5.75 Å². The van der Waals surface area contributed by atoms with Crippen LogP contribution in [0.2, 0.25) is 0 Å².